The van der Waals surface area contributed by atoms with Gasteiger partial charge in [0, 0.05) is 5.88 Å². The normalized spacial score (nSPS) is 12.2. The zero-order valence-corrected chi connectivity index (χ0v) is 10.9. The van der Waals surface area contributed by atoms with E-state index in [9.17, 15) is 0 Å². The highest BCUT2D eigenvalue weighted by Gasteiger charge is 2.09. The van der Waals surface area contributed by atoms with Crippen molar-refractivity contribution < 1.29 is 9.47 Å². The van der Waals surface area contributed by atoms with Crippen molar-refractivity contribution in [3.05, 3.63) is 23.8 Å². The average Bonchev–Trinajstić information content (AvgIpc) is 2.29. The maximum atomic E-state index is 5.84. The van der Waals surface area contributed by atoms with Gasteiger partial charge in [-0.15, -0.1) is 11.6 Å². The van der Waals surface area contributed by atoms with Crippen molar-refractivity contribution in [2.75, 3.05) is 7.11 Å². The lowest BCUT2D eigenvalue weighted by molar-refractivity contribution is 0.200. The van der Waals surface area contributed by atoms with Gasteiger partial charge >= 0.3 is 0 Å². The molecule has 1 rings (SSSR count). The average molecular weight is 243 g/mol. The van der Waals surface area contributed by atoms with Crippen LogP contribution in [0.3, 0.4) is 0 Å². The Labute approximate surface area is 103 Å². The van der Waals surface area contributed by atoms with Crippen LogP contribution in [0.2, 0.25) is 0 Å². The van der Waals surface area contributed by atoms with Crippen LogP contribution < -0.4 is 9.47 Å². The van der Waals surface area contributed by atoms with Crippen molar-refractivity contribution in [1.29, 1.82) is 0 Å². The number of hydrogen-bond donors (Lipinski definition) is 0. The van der Waals surface area contributed by atoms with Crippen LogP contribution in [-0.2, 0) is 5.88 Å². The van der Waals surface area contributed by atoms with Crippen molar-refractivity contribution in [2.45, 2.75) is 38.7 Å². The Morgan fingerprint density at radius 1 is 1.31 bits per heavy atom. The molecule has 0 bridgehead atoms. The largest absolute Gasteiger partial charge is 0.493 e. The molecule has 1 atom stereocenters. The monoisotopic (exact) mass is 242 g/mol. The van der Waals surface area contributed by atoms with Gasteiger partial charge in [-0.2, -0.15) is 0 Å². The molecule has 1 unspecified atom stereocenters. The summed E-state index contributed by atoms with van der Waals surface area (Å²) in [6.45, 7) is 4.21. The molecule has 0 amide bonds. The number of hydrogen-bond acceptors (Lipinski definition) is 2. The summed E-state index contributed by atoms with van der Waals surface area (Å²) < 4.78 is 11.1. The zero-order valence-electron chi connectivity index (χ0n) is 10.1. The molecule has 0 aliphatic carbocycles. The van der Waals surface area contributed by atoms with Crippen molar-refractivity contribution in [3.8, 4) is 11.5 Å². The van der Waals surface area contributed by atoms with Crippen molar-refractivity contribution in [2.24, 2.45) is 0 Å². The molecule has 90 valence electrons. The molecule has 0 heterocycles. The smallest absolute Gasteiger partial charge is 0.161 e. The molecule has 0 saturated carbocycles. The van der Waals surface area contributed by atoms with Gasteiger partial charge in [-0.3, -0.25) is 0 Å². The zero-order chi connectivity index (χ0) is 12.0. The summed E-state index contributed by atoms with van der Waals surface area (Å²) in [6.07, 6.45) is 2.34. The van der Waals surface area contributed by atoms with E-state index in [0.717, 1.165) is 29.9 Å². The first-order valence-electron chi connectivity index (χ1n) is 5.60. The van der Waals surface area contributed by atoms with Crippen molar-refractivity contribution in [3.63, 3.8) is 0 Å². The van der Waals surface area contributed by atoms with Gasteiger partial charge in [0.05, 0.1) is 13.2 Å². The van der Waals surface area contributed by atoms with Crippen LogP contribution in [0, 0.1) is 0 Å². The summed E-state index contributed by atoms with van der Waals surface area (Å²) in [5.41, 5.74) is 1.04. The first-order valence-corrected chi connectivity index (χ1v) is 6.14. The molecular weight excluding hydrogens is 224 g/mol. The van der Waals surface area contributed by atoms with Gasteiger partial charge in [0.1, 0.15) is 0 Å². The molecule has 0 aromatic heterocycles. The molecule has 2 nitrogen and oxygen atoms in total. The fourth-order valence-electron chi connectivity index (χ4n) is 1.58. The number of benzene rings is 1. The summed E-state index contributed by atoms with van der Waals surface area (Å²) in [4.78, 5) is 0. The van der Waals surface area contributed by atoms with Crippen LogP contribution in [0.15, 0.2) is 18.2 Å². The Kier molecular flexibility index (Phi) is 5.47. The van der Waals surface area contributed by atoms with Crippen molar-refractivity contribution in [1.82, 2.24) is 0 Å². The van der Waals surface area contributed by atoms with Crippen LogP contribution in [0.25, 0.3) is 0 Å². The van der Waals surface area contributed by atoms with Crippen LogP contribution in [0.4, 0.5) is 0 Å². The van der Waals surface area contributed by atoms with E-state index in [2.05, 4.69) is 13.8 Å². The highest BCUT2D eigenvalue weighted by molar-refractivity contribution is 6.17. The second-order valence-corrected chi connectivity index (χ2v) is 4.10. The molecule has 16 heavy (non-hydrogen) atoms. The van der Waals surface area contributed by atoms with E-state index in [1.807, 2.05) is 18.2 Å². The predicted molar refractivity (Wildman–Crippen MR) is 67.5 cm³/mol. The summed E-state index contributed by atoms with van der Waals surface area (Å²) in [5.74, 6) is 2.03. The molecule has 0 aliphatic rings. The number of ether oxygens (including phenoxy) is 2. The van der Waals surface area contributed by atoms with Gasteiger partial charge in [0.2, 0.25) is 0 Å². The van der Waals surface area contributed by atoms with E-state index in [1.165, 1.54) is 0 Å². The van der Waals surface area contributed by atoms with Crippen molar-refractivity contribution >= 4 is 11.6 Å². The topological polar surface area (TPSA) is 18.5 Å². The molecule has 1 aromatic rings. The lowest BCUT2D eigenvalue weighted by Crippen LogP contribution is -2.11. The predicted octanol–water partition coefficient (Wildman–Crippen LogP) is 4.00. The van der Waals surface area contributed by atoms with E-state index in [1.54, 1.807) is 7.11 Å². The Bertz CT molecular complexity index is 326. The fraction of sp³-hybridized carbons (Fsp3) is 0.538. The van der Waals surface area contributed by atoms with Gasteiger partial charge < -0.3 is 9.47 Å². The summed E-state index contributed by atoms with van der Waals surface area (Å²) >= 11 is 5.80. The van der Waals surface area contributed by atoms with Crippen LogP contribution >= 0.6 is 11.6 Å². The SMILES string of the molecule is CCCC(C)Oc1cc(CCl)ccc1OC. The molecule has 1 aromatic carbocycles. The number of alkyl halides is 1. The molecule has 0 spiro atoms. The lowest BCUT2D eigenvalue weighted by Gasteiger charge is -2.16. The summed E-state index contributed by atoms with van der Waals surface area (Å²) in [7, 11) is 1.65. The van der Waals surface area contributed by atoms with Gasteiger partial charge in [-0.05, 0) is 31.0 Å². The van der Waals surface area contributed by atoms with E-state index in [-0.39, 0.29) is 6.10 Å². The van der Waals surface area contributed by atoms with E-state index in [0.29, 0.717) is 5.88 Å². The second-order valence-electron chi connectivity index (χ2n) is 3.84. The minimum Gasteiger partial charge on any atom is -0.493 e. The molecular formula is C13H19ClO2. The Balaban J connectivity index is 2.82. The van der Waals surface area contributed by atoms with E-state index >= 15 is 0 Å². The van der Waals surface area contributed by atoms with Gasteiger partial charge in [-0.25, -0.2) is 0 Å². The molecule has 0 N–H and O–H groups in total. The van der Waals surface area contributed by atoms with E-state index < -0.39 is 0 Å². The molecule has 0 aliphatic heterocycles. The number of halogens is 1. The number of rotatable bonds is 6. The van der Waals surface area contributed by atoms with Gasteiger partial charge in [0.25, 0.3) is 0 Å². The highest BCUT2D eigenvalue weighted by atomic mass is 35.5. The first-order chi connectivity index (χ1) is 7.71. The molecule has 0 radical (unpaired) electrons. The first kappa shape index (κ1) is 13.2. The Hall–Kier alpha value is -0.890. The quantitative estimate of drug-likeness (QED) is 0.702. The maximum Gasteiger partial charge on any atom is 0.161 e. The Morgan fingerprint density at radius 3 is 2.62 bits per heavy atom. The third-order valence-corrected chi connectivity index (χ3v) is 2.71. The minimum absolute atomic E-state index is 0.199. The standard InChI is InChI=1S/C13H19ClO2/c1-4-5-10(2)16-13-8-11(9-14)6-7-12(13)15-3/h6-8,10H,4-5,9H2,1-3H3. The molecule has 0 saturated heterocycles. The van der Waals surface area contributed by atoms with Crippen LogP contribution in [0.5, 0.6) is 11.5 Å². The summed E-state index contributed by atoms with van der Waals surface area (Å²) in [6, 6.07) is 5.78. The highest BCUT2D eigenvalue weighted by Crippen LogP contribution is 2.30. The van der Waals surface area contributed by atoms with Gasteiger partial charge in [0.15, 0.2) is 11.5 Å². The molecule has 3 heteroatoms. The second kappa shape index (κ2) is 6.64. The molecule has 0 fully saturated rings. The van der Waals surface area contributed by atoms with Gasteiger partial charge in [-0.1, -0.05) is 19.4 Å². The van der Waals surface area contributed by atoms with Crippen LogP contribution in [-0.4, -0.2) is 13.2 Å². The third kappa shape index (κ3) is 3.60. The lowest BCUT2D eigenvalue weighted by atomic mass is 10.2. The van der Waals surface area contributed by atoms with E-state index in [4.69, 9.17) is 21.1 Å². The maximum absolute atomic E-state index is 5.84. The summed E-state index contributed by atoms with van der Waals surface area (Å²) in [5, 5.41) is 0. The minimum atomic E-state index is 0.199. The Morgan fingerprint density at radius 2 is 2.06 bits per heavy atom. The third-order valence-electron chi connectivity index (χ3n) is 2.41. The number of methoxy groups -OCH3 is 1. The fourth-order valence-corrected chi connectivity index (χ4v) is 1.74. The van der Waals surface area contributed by atoms with Crippen LogP contribution in [0.1, 0.15) is 32.3 Å².